The molecule has 0 spiro atoms. The molecule has 0 aromatic heterocycles. The third-order valence-electron chi connectivity index (χ3n) is 2.60. The van der Waals surface area contributed by atoms with E-state index in [1.54, 1.807) is 37.3 Å². The second kappa shape index (κ2) is 7.07. The largest absolute Gasteiger partial charge is 0.479 e. The number of benzene rings is 1. The minimum atomic E-state index is -1.11. The van der Waals surface area contributed by atoms with Crippen LogP contribution in [-0.4, -0.2) is 35.1 Å². The molecule has 100 valence electrons. The molecule has 2 amide bonds. The quantitative estimate of drug-likeness (QED) is 0.788. The second-order valence-electron chi connectivity index (χ2n) is 3.85. The molecule has 0 saturated carbocycles. The smallest absolute Gasteiger partial charge is 0.330 e. The summed E-state index contributed by atoms with van der Waals surface area (Å²) in [5.74, 6) is 1.25. The molecule has 1 rings (SSSR count). The summed E-state index contributed by atoms with van der Waals surface area (Å²) < 4.78 is 0. The molecule has 0 bridgehead atoms. The number of carbonyl (C=O) groups is 2. The van der Waals surface area contributed by atoms with Crippen LogP contribution in [0.15, 0.2) is 30.3 Å². The van der Waals surface area contributed by atoms with Gasteiger partial charge in [-0.25, -0.2) is 9.59 Å². The monoisotopic (exact) mass is 260 g/mol. The molecule has 1 aromatic carbocycles. The van der Waals surface area contributed by atoms with Crippen molar-refractivity contribution >= 4 is 12.0 Å². The zero-order valence-corrected chi connectivity index (χ0v) is 10.7. The number of nitrogens with one attached hydrogen (secondary N) is 1. The Balaban J connectivity index is 2.83. The van der Waals surface area contributed by atoms with Gasteiger partial charge >= 0.3 is 12.0 Å². The van der Waals surface area contributed by atoms with Gasteiger partial charge in [-0.2, -0.15) is 0 Å². The van der Waals surface area contributed by atoms with Crippen molar-refractivity contribution in [1.82, 2.24) is 10.2 Å². The Hall–Kier alpha value is -2.48. The first kappa shape index (κ1) is 14.6. The van der Waals surface area contributed by atoms with E-state index in [2.05, 4.69) is 11.2 Å². The van der Waals surface area contributed by atoms with E-state index in [1.807, 2.05) is 0 Å². The minimum absolute atomic E-state index is 0.142. The summed E-state index contributed by atoms with van der Waals surface area (Å²) >= 11 is 0. The predicted octanol–water partition coefficient (Wildman–Crippen LogP) is 1.48. The van der Waals surface area contributed by atoms with Gasteiger partial charge in [0.05, 0.1) is 6.54 Å². The molecule has 5 heteroatoms. The van der Waals surface area contributed by atoms with E-state index in [-0.39, 0.29) is 6.54 Å². The van der Waals surface area contributed by atoms with Crippen LogP contribution >= 0.6 is 0 Å². The molecule has 0 unspecified atom stereocenters. The van der Waals surface area contributed by atoms with Gasteiger partial charge in [-0.05, 0) is 12.5 Å². The van der Waals surface area contributed by atoms with E-state index in [9.17, 15) is 14.7 Å². The number of aliphatic carboxylic acids is 1. The normalized spacial score (nSPS) is 11.2. The lowest BCUT2D eigenvalue weighted by Gasteiger charge is -2.22. The highest BCUT2D eigenvalue weighted by atomic mass is 16.4. The molecule has 0 radical (unpaired) electrons. The van der Waals surface area contributed by atoms with Crippen LogP contribution in [0, 0.1) is 12.3 Å². The molecule has 0 heterocycles. The van der Waals surface area contributed by atoms with Crippen molar-refractivity contribution in [2.24, 2.45) is 0 Å². The summed E-state index contributed by atoms with van der Waals surface area (Å²) in [5.41, 5.74) is 0.514. The lowest BCUT2D eigenvalue weighted by Crippen LogP contribution is -2.43. The van der Waals surface area contributed by atoms with Gasteiger partial charge in [-0.15, -0.1) is 6.42 Å². The van der Waals surface area contributed by atoms with Crippen molar-refractivity contribution in [3.63, 3.8) is 0 Å². The second-order valence-corrected chi connectivity index (χ2v) is 3.85. The third kappa shape index (κ3) is 4.03. The number of urea groups is 1. The minimum Gasteiger partial charge on any atom is -0.479 e. The molecule has 19 heavy (non-hydrogen) atoms. The van der Waals surface area contributed by atoms with Gasteiger partial charge in [0.2, 0.25) is 0 Å². The molecular weight excluding hydrogens is 244 g/mol. The Morgan fingerprint density at radius 1 is 1.42 bits per heavy atom. The lowest BCUT2D eigenvalue weighted by molar-refractivity contribution is -0.139. The van der Waals surface area contributed by atoms with Gasteiger partial charge in [0, 0.05) is 6.54 Å². The summed E-state index contributed by atoms with van der Waals surface area (Å²) in [7, 11) is 0. The number of carboxylic acid groups (broad SMARTS) is 1. The van der Waals surface area contributed by atoms with Crippen LogP contribution in [0.4, 0.5) is 4.79 Å². The van der Waals surface area contributed by atoms with E-state index in [4.69, 9.17) is 6.42 Å². The van der Waals surface area contributed by atoms with E-state index in [0.29, 0.717) is 12.1 Å². The van der Waals surface area contributed by atoms with Gasteiger partial charge < -0.3 is 15.3 Å². The summed E-state index contributed by atoms with van der Waals surface area (Å²) in [4.78, 5) is 24.5. The summed E-state index contributed by atoms with van der Waals surface area (Å²) in [6.45, 7) is 2.33. The van der Waals surface area contributed by atoms with Crippen molar-refractivity contribution in [3.05, 3.63) is 35.9 Å². The summed E-state index contributed by atoms with van der Waals surface area (Å²) in [5, 5.41) is 11.6. The van der Waals surface area contributed by atoms with Crippen molar-refractivity contribution in [1.29, 1.82) is 0 Å². The zero-order chi connectivity index (χ0) is 14.3. The van der Waals surface area contributed by atoms with Gasteiger partial charge in [0.1, 0.15) is 0 Å². The number of carbonyl (C=O) groups excluding carboxylic acids is 1. The van der Waals surface area contributed by atoms with Crippen LogP contribution in [0.3, 0.4) is 0 Å². The topological polar surface area (TPSA) is 69.6 Å². The fourth-order valence-electron chi connectivity index (χ4n) is 1.59. The zero-order valence-electron chi connectivity index (χ0n) is 10.7. The van der Waals surface area contributed by atoms with E-state index < -0.39 is 18.0 Å². The van der Waals surface area contributed by atoms with Crippen LogP contribution < -0.4 is 5.32 Å². The molecule has 5 nitrogen and oxygen atoms in total. The fourth-order valence-corrected chi connectivity index (χ4v) is 1.59. The SMILES string of the molecule is C#CCN(CC)C(=O)N[C@H](C(=O)O)c1ccccc1. The number of carboxylic acids is 1. The third-order valence-corrected chi connectivity index (χ3v) is 2.60. The molecule has 1 aromatic rings. The number of amides is 2. The van der Waals surface area contributed by atoms with Crippen molar-refractivity contribution in [3.8, 4) is 12.3 Å². The predicted molar refractivity (Wildman–Crippen MR) is 71.4 cm³/mol. The Labute approximate surface area is 112 Å². The average molecular weight is 260 g/mol. The number of hydrogen-bond acceptors (Lipinski definition) is 2. The van der Waals surface area contributed by atoms with Crippen molar-refractivity contribution in [2.45, 2.75) is 13.0 Å². The molecule has 1 atom stereocenters. The van der Waals surface area contributed by atoms with Crippen LogP contribution in [0.2, 0.25) is 0 Å². The van der Waals surface area contributed by atoms with Crippen LogP contribution in [0.25, 0.3) is 0 Å². The Kier molecular flexibility index (Phi) is 5.42. The number of hydrogen-bond donors (Lipinski definition) is 2. The maximum absolute atomic E-state index is 11.9. The number of terminal acetylenes is 1. The summed E-state index contributed by atoms with van der Waals surface area (Å²) in [6.07, 6.45) is 5.16. The van der Waals surface area contributed by atoms with Gasteiger partial charge in [0.25, 0.3) is 0 Å². The Bertz CT molecular complexity index is 479. The maximum atomic E-state index is 11.9. The first-order valence-electron chi connectivity index (χ1n) is 5.86. The van der Waals surface area contributed by atoms with E-state index in [0.717, 1.165) is 0 Å². The molecule has 0 saturated heterocycles. The van der Waals surface area contributed by atoms with Crippen LogP contribution in [0.1, 0.15) is 18.5 Å². The Morgan fingerprint density at radius 2 is 2.05 bits per heavy atom. The van der Waals surface area contributed by atoms with Crippen LogP contribution in [-0.2, 0) is 4.79 Å². The fraction of sp³-hybridized carbons (Fsp3) is 0.286. The van der Waals surface area contributed by atoms with E-state index in [1.165, 1.54) is 4.90 Å². The molecule has 0 aliphatic carbocycles. The molecule has 0 aliphatic rings. The van der Waals surface area contributed by atoms with Crippen molar-refractivity contribution in [2.75, 3.05) is 13.1 Å². The molecular formula is C14H16N2O3. The first-order valence-corrected chi connectivity index (χ1v) is 5.86. The van der Waals surface area contributed by atoms with Crippen LogP contribution in [0.5, 0.6) is 0 Å². The average Bonchev–Trinajstić information content (AvgIpc) is 2.42. The van der Waals surface area contributed by atoms with Crippen molar-refractivity contribution < 1.29 is 14.7 Å². The molecule has 2 N–H and O–H groups in total. The first-order chi connectivity index (χ1) is 9.10. The van der Waals surface area contributed by atoms with E-state index >= 15 is 0 Å². The Morgan fingerprint density at radius 3 is 2.53 bits per heavy atom. The van der Waals surface area contributed by atoms with Gasteiger partial charge in [-0.3, -0.25) is 0 Å². The molecule has 0 fully saturated rings. The standard InChI is InChI=1S/C14H16N2O3/c1-3-10-16(4-2)14(19)15-12(13(17)18)11-8-6-5-7-9-11/h1,5-9,12H,4,10H2,2H3,(H,15,19)(H,17,18)/t12-/m0/s1. The highest BCUT2D eigenvalue weighted by Gasteiger charge is 2.23. The highest BCUT2D eigenvalue weighted by molar-refractivity contribution is 5.83. The lowest BCUT2D eigenvalue weighted by atomic mass is 10.1. The number of nitrogens with zero attached hydrogens (tertiary/aromatic N) is 1. The van der Waals surface area contributed by atoms with Gasteiger partial charge in [0.15, 0.2) is 6.04 Å². The van der Waals surface area contributed by atoms with Gasteiger partial charge in [-0.1, -0.05) is 36.3 Å². The highest BCUT2D eigenvalue weighted by Crippen LogP contribution is 2.13. The number of rotatable bonds is 5. The summed E-state index contributed by atoms with van der Waals surface area (Å²) in [6, 6.07) is 6.94. The molecule has 0 aliphatic heterocycles. The maximum Gasteiger partial charge on any atom is 0.330 e.